The van der Waals surface area contributed by atoms with Crippen molar-refractivity contribution in [3.63, 3.8) is 0 Å². The van der Waals surface area contributed by atoms with Crippen molar-refractivity contribution in [2.45, 2.75) is 39.2 Å². The molecular formula is C23H27FN4O5. The van der Waals surface area contributed by atoms with Crippen molar-refractivity contribution >= 4 is 40.5 Å². The predicted molar refractivity (Wildman–Crippen MR) is 123 cm³/mol. The summed E-state index contributed by atoms with van der Waals surface area (Å²) in [6.07, 6.45) is -0.452. The minimum atomic E-state index is -1.01. The van der Waals surface area contributed by atoms with Gasteiger partial charge in [0.25, 0.3) is 6.01 Å². The van der Waals surface area contributed by atoms with E-state index < -0.39 is 17.4 Å². The minimum Gasteiger partial charge on any atom is -0.494 e. The number of fused-ring (bicyclic) bond motifs is 1. The third-order valence-corrected chi connectivity index (χ3v) is 4.90. The number of carboxylic acid groups (broad SMARTS) is 1. The van der Waals surface area contributed by atoms with Crippen molar-refractivity contribution in [3.8, 4) is 5.75 Å². The Labute approximate surface area is 190 Å². The fourth-order valence-corrected chi connectivity index (χ4v) is 3.28. The molecule has 176 valence electrons. The highest BCUT2D eigenvalue weighted by Gasteiger charge is 2.25. The number of nitrogens with one attached hydrogen (secondary N) is 2. The topological polar surface area (TPSA) is 117 Å². The molecule has 1 aromatic heterocycles. The zero-order valence-corrected chi connectivity index (χ0v) is 18.9. The summed E-state index contributed by atoms with van der Waals surface area (Å²) >= 11 is 0. The van der Waals surface area contributed by atoms with Crippen molar-refractivity contribution in [1.82, 2.24) is 9.88 Å². The Balaban J connectivity index is 1.61. The van der Waals surface area contributed by atoms with Gasteiger partial charge in [-0.05, 0) is 51.5 Å². The van der Waals surface area contributed by atoms with Crippen LogP contribution in [-0.4, -0.2) is 46.2 Å². The van der Waals surface area contributed by atoms with Crippen LogP contribution in [0.5, 0.6) is 5.75 Å². The number of hydrogen-bond acceptors (Lipinski definition) is 6. The van der Waals surface area contributed by atoms with Crippen LogP contribution >= 0.6 is 0 Å². The molecule has 1 heterocycles. The van der Waals surface area contributed by atoms with Gasteiger partial charge >= 0.3 is 6.09 Å². The maximum absolute atomic E-state index is 13.4. The van der Waals surface area contributed by atoms with Gasteiger partial charge in [0.15, 0.2) is 5.58 Å². The number of methoxy groups -OCH3 is 1. The molecule has 3 aromatic rings. The van der Waals surface area contributed by atoms with Gasteiger partial charge in [0, 0.05) is 36.3 Å². The van der Waals surface area contributed by atoms with Gasteiger partial charge in [-0.15, -0.1) is 0 Å². The predicted octanol–water partition coefficient (Wildman–Crippen LogP) is 5.22. The first kappa shape index (κ1) is 23.8. The Morgan fingerprint density at radius 3 is 2.64 bits per heavy atom. The zero-order chi connectivity index (χ0) is 24.2. The van der Waals surface area contributed by atoms with E-state index in [2.05, 4.69) is 15.6 Å². The number of benzene rings is 2. The first-order valence-corrected chi connectivity index (χ1v) is 10.4. The van der Waals surface area contributed by atoms with Gasteiger partial charge in [-0.1, -0.05) is 0 Å². The Morgan fingerprint density at radius 2 is 1.97 bits per heavy atom. The monoisotopic (exact) mass is 458 g/mol. The highest BCUT2D eigenvalue weighted by molar-refractivity contribution is 5.91. The van der Waals surface area contributed by atoms with Crippen LogP contribution < -0.4 is 15.4 Å². The lowest BCUT2D eigenvalue weighted by Gasteiger charge is -2.33. The smallest absolute Gasteiger partial charge is 0.407 e. The zero-order valence-electron chi connectivity index (χ0n) is 18.9. The molecule has 0 aliphatic heterocycles. The summed E-state index contributed by atoms with van der Waals surface area (Å²) in [4.78, 5) is 29.2. The number of amides is 2. The summed E-state index contributed by atoms with van der Waals surface area (Å²) in [5, 5.41) is 15.1. The SMILES string of the molecule is COc1cc(NC(=O)CCCN(C(=O)O)C(C)(C)C)ccc1Nc1nc2cc(F)ccc2o1. The molecular weight excluding hydrogens is 431 g/mol. The van der Waals surface area contributed by atoms with Gasteiger partial charge in [0.05, 0.1) is 12.8 Å². The molecule has 0 bridgehead atoms. The second-order valence-corrected chi connectivity index (χ2v) is 8.43. The average molecular weight is 458 g/mol. The Bertz CT molecular complexity index is 1160. The second kappa shape index (κ2) is 9.76. The van der Waals surface area contributed by atoms with Crippen LogP contribution in [0.2, 0.25) is 0 Å². The van der Waals surface area contributed by atoms with E-state index in [1.54, 1.807) is 18.2 Å². The van der Waals surface area contributed by atoms with Gasteiger partial charge in [0.2, 0.25) is 5.91 Å². The molecule has 2 amide bonds. The molecule has 0 aliphatic rings. The van der Waals surface area contributed by atoms with Gasteiger partial charge in [-0.25, -0.2) is 9.18 Å². The van der Waals surface area contributed by atoms with Gasteiger partial charge in [0.1, 0.15) is 17.1 Å². The molecule has 33 heavy (non-hydrogen) atoms. The minimum absolute atomic E-state index is 0.168. The van der Waals surface area contributed by atoms with E-state index in [1.807, 2.05) is 20.8 Å². The number of aromatic nitrogens is 1. The lowest BCUT2D eigenvalue weighted by Crippen LogP contribution is -2.45. The van der Waals surface area contributed by atoms with E-state index in [0.29, 0.717) is 34.6 Å². The fraction of sp³-hybridized carbons (Fsp3) is 0.348. The first-order valence-electron chi connectivity index (χ1n) is 10.4. The normalized spacial score (nSPS) is 11.3. The summed E-state index contributed by atoms with van der Waals surface area (Å²) in [5.74, 6) is -0.210. The molecule has 9 nitrogen and oxygen atoms in total. The molecule has 2 aromatic carbocycles. The van der Waals surface area contributed by atoms with Crippen molar-refractivity contribution in [1.29, 1.82) is 0 Å². The molecule has 10 heteroatoms. The quantitative estimate of drug-likeness (QED) is 0.424. The van der Waals surface area contributed by atoms with Gasteiger partial charge in [-0.2, -0.15) is 4.98 Å². The summed E-state index contributed by atoms with van der Waals surface area (Å²) in [6, 6.07) is 9.25. The van der Waals surface area contributed by atoms with Crippen LogP contribution in [0.3, 0.4) is 0 Å². The van der Waals surface area contributed by atoms with E-state index in [4.69, 9.17) is 9.15 Å². The van der Waals surface area contributed by atoms with Crippen LogP contribution in [0.25, 0.3) is 11.1 Å². The third-order valence-electron chi connectivity index (χ3n) is 4.90. The summed E-state index contributed by atoms with van der Waals surface area (Å²) in [7, 11) is 1.49. The number of carbonyl (C=O) groups is 2. The third kappa shape index (κ3) is 6.12. The number of anilines is 3. The highest BCUT2D eigenvalue weighted by Crippen LogP contribution is 2.31. The second-order valence-electron chi connectivity index (χ2n) is 8.43. The van der Waals surface area contributed by atoms with Crippen molar-refractivity contribution in [2.75, 3.05) is 24.3 Å². The van der Waals surface area contributed by atoms with Crippen LogP contribution in [-0.2, 0) is 4.79 Å². The number of nitrogens with zero attached hydrogens (tertiary/aromatic N) is 2. The van der Waals surface area contributed by atoms with E-state index in [-0.39, 0.29) is 24.9 Å². The van der Waals surface area contributed by atoms with Crippen LogP contribution in [0.1, 0.15) is 33.6 Å². The lowest BCUT2D eigenvalue weighted by molar-refractivity contribution is -0.116. The first-order chi connectivity index (χ1) is 15.6. The maximum atomic E-state index is 13.4. The standard InChI is InChI=1S/C23H27FN4O5/c1-23(2,3)28(22(30)31)11-5-6-20(29)25-15-8-9-16(19(13-15)32-4)26-21-27-17-12-14(24)7-10-18(17)33-21/h7-10,12-13H,5-6,11H2,1-4H3,(H,25,29)(H,26,27)(H,30,31). The molecule has 0 aliphatic carbocycles. The molecule has 0 atom stereocenters. The molecule has 0 saturated carbocycles. The maximum Gasteiger partial charge on any atom is 0.407 e. The van der Waals surface area contributed by atoms with E-state index in [9.17, 15) is 19.1 Å². The molecule has 0 unspecified atom stereocenters. The molecule has 3 rings (SSSR count). The number of halogens is 1. The van der Waals surface area contributed by atoms with E-state index in [1.165, 1.54) is 30.2 Å². The molecule has 0 fully saturated rings. The molecule has 0 spiro atoms. The Hall–Kier alpha value is -3.82. The van der Waals surface area contributed by atoms with Crippen LogP contribution in [0.4, 0.5) is 26.6 Å². The summed E-state index contributed by atoms with van der Waals surface area (Å²) < 4.78 is 24.3. The summed E-state index contributed by atoms with van der Waals surface area (Å²) in [5.41, 5.74) is 1.35. The molecule has 3 N–H and O–H groups in total. The summed E-state index contributed by atoms with van der Waals surface area (Å²) in [6.45, 7) is 5.68. The van der Waals surface area contributed by atoms with Crippen LogP contribution in [0.15, 0.2) is 40.8 Å². The van der Waals surface area contributed by atoms with E-state index >= 15 is 0 Å². The van der Waals surface area contributed by atoms with Crippen molar-refractivity contribution in [2.24, 2.45) is 0 Å². The van der Waals surface area contributed by atoms with Crippen LogP contribution in [0, 0.1) is 5.82 Å². The Kier molecular flexibility index (Phi) is 7.05. The number of rotatable bonds is 8. The van der Waals surface area contributed by atoms with E-state index in [0.717, 1.165) is 0 Å². The number of carbonyl (C=O) groups excluding carboxylic acids is 1. The van der Waals surface area contributed by atoms with Crippen molar-refractivity contribution < 1.29 is 28.2 Å². The molecule has 0 radical (unpaired) electrons. The number of hydrogen-bond donors (Lipinski definition) is 3. The van der Waals surface area contributed by atoms with Crippen molar-refractivity contribution in [3.05, 3.63) is 42.2 Å². The van der Waals surface area contributed by atoms with Gasteiger partial charge in [-0.3, -0.25) is 4.79 Å². The average Bonchev–Trinajstić information content (AvgIpc) is 3.12. The molecule has 0 saturated heterocycles. The Morgan fingerprint density at radius 1 is 1.21 bits per heavy atom. The fourth-order valence-electron chi connectivity index (χ4n) is 3.28. The number of ether oxygens (including phenoxy) is 1. The highest BCUT2D eigenvalue weighted by atomic mass is 19.1. The van der Waals surface area contributed by atoms with Gasteiger partial charge < -0.3 is 29.8 Å². The largest absolute Gasteiger partial charge is 0.494 e. The lowest BCUT2D eigenvalue weighted by atomic mass is 10.1. The number of oxazole rings is 1.